The summed E-state index contributed by atoms with van der Waals surface area (Å²) in [6, 6.07) is 5.21. The molecule has 0 bridgehead atoms. The third-order valence-corrected chi connectivity index (χ3v) is 3.86. The van der Waals surface area contributed by atoms with Crippen molar-refractivity contribution in [2.75, 3.05) is 18.0 Å². The lowest BCUT2D eigenvalue weighted by Crippen LogP contribution is -2.40. The van der Waals surface area contributed by atoms with Crippen LogP contribution in [0.4, 0.5) is 10.5 Å². The van der Waals surface area contributed by atoms with Crippen molar-refractivity contribution in [3.05, 3.63) is 23.8 Å². The van der Waals surface area contributed by atoms with E-state index >= 15 is 0 Å². The van der Waals surface area contributed by atoms with Crippen molar-refractivity contribution < 1.29 is 9.59 Å². The summed E-state index contributed by atoms with van der Waals surface area (Å²) < 4.78 is 0. The number of carbonyl (C=O) groups excluding carboxylic acids is 2. The molecule has 0 radical (unpaired) electrons. The van der Waals surface area contributed by atoms with Crippen LogP contribution >= 0.6 is 11.8 Å². The molecule has 0 aliphatic carbocycles. The fourth-order valence-corrected chi connectivity index (χ4v) is 2.45. The van der Waals surface area contributed by atoms with Crippen molar-refractivity contribution in [1.82, 2.24) is 10.6 Å². The Hall–Kier alpha value is -1.69. The first-order valence-electron chi connectivity index (χ1n) is 6.95. The number of benzene rings is 1. The van der Waals surface area contributed by atoms with Crippen molar-refractivity contribution in [1.29, 1.82) is 0 Å². The second kappa shape index (κ2) is 8.56. The average Bonchev–Trinajstić information content (AvgIpc) is 2.39. The lowest BCUT2D eigenvalue weighted by atomic mass is 10.1. The molecule has 1 aromatic carbocycles. The first kappa shape index (κ1) is 17.4. The average molecular weight is 309 g/mol. The highest BCUT2D eigenvalue weighted by Gasteiger charge is 2.09. The van der Waals surface area contributed by atoms with E-state index in [1.807, 2.05) is 25.1 Å². The first-order valence-corrected chi connectivity index (χ1v) is 7.93. The van der Waals surface area contributed by atoms with Crippen LogP contribution in [-0.2, 0) is 4.79 Å². The SMILES string of the molecule is Cc1ccc(N)c(SCC(=O)NC(=O)NCCC(C)C)c1. The quantitative estimate of drug-likeness (QED) is 0.557. The zero-order chi connectivity index (χ0) is 15.8. The minimum Gasteiger partial charge on any atom is -0.398 e. The molecular weight excluding hydrogens is 286 g/mol. The highest BCUT2D eigenvalue weighted by molar-refractivity contribution is 8.00. The van der Waals surface area contributed by atoms with E-state index in [-0.39, 0.29) is 11.7 Å². The number of hydrogen-bond acceptors (Lipinski definition) is 4. The number of thioether (sulfide) groups is 1. The lowest BCUT2D eigenvalue weighted by Gasteiger charge is -2.09. The Morgan fingerprint density at radius 3 is 2.71 bits per heavy atom. The molecule has 0 aliphatic rings. The molecule has 0 saturated carbocycles. The van der Waals surface area contributed by atoms with E-state index in [4.69, 9.17) is 5.73 Å². The van der Waals surface area contributed by atoms with Gasteiger partial charge in [-0.2, -0.15) is 0 Å². The molecule has 0 spiro atoms. The zero-order valence-electron chi connectivity index (χ0n) is 12.7. The van der Waals surface area contributed by atoms with E-state index in [0.29, 0.717) is 18.2 Å². The van der Waals surface area contributed by atoms with Gasteiger partial charge >= 0.3 is 6.03 Å². The molecule has 4 N–H and O–H groups in total. The summed E-state index contributed by atoms with van der Waals surface area (Å²) in [6.07, 6.45) is 0.885. The van der Waals surface area contributed by atoms with Crippen LogP contribution < -0.4 is 16.4 Å². The third-order valence-electron chi connectivity index (χ3n) is 2.79. The van der Waals surface area contributed by atoms with Crippen LogP contribution in [0.15, 0.2) is 23.1 Å². The summed E-state index contributed by atoms with van der Waals surface area (Å²) in [5, 5.41) is 4.97. The maximum atomic E-state index is 11.7. The smallest absolute Gasteiger partial charge is 0.321 e. The number of hydrogen-bond donors (Lipinski definition) is 3. The number of anilines is 1. The number of urea groups is 1. The summed E-state index contributed by atoms with van der Waals surface area (Å²) in [5.41, 5.74) is 7.56. The summed E-state index contributed by atoms with van der Waals surface area (Å²) >= 11 is 1.32. The largest absolute Gasteiger partial charge is 0.398 e. The Balaban J connectivity index is 2.33. The normalized spacial score (nSPS) is 10.5. The van der Waals surface area contributed by atoms with E-state index in [1.165, 1.54) is 11.8 Å². The molecule has 1 rings (SSSR count). The predicted molar refractivity (Wildman–Crippen MR) is 87.3 cm³/mol. The second-order valence-corrected chi connectivity index (χ2v) is 6.33. The molecule has 3 amide bonds. The predicted octanol–water partition coefficient (Wildman–Crippen LogP) is 2.54. The van der Waals surface area contributed by atoms with E-state index in [2.05, 4.69) is 24.5 Å². The Labute approximate surface area is 130 Å². The highest BCUT2D eigenvalue weighted by atomic mass is 32.2. The van der Waals surface area contributed by atoms with Gasteiger partial charge in [-0.05, 0) is 37.0 Å². The lowest BCUT2D eigenvalue weighted by molar-refractivity contribution is -0.117. The second-order valence-electron chi connectivity index (χ2n) is 5.32. The summed E-state index contributed by atoms with van der Waals surface area (Å²) in [6.45, 7) is 6.68. The number of carbonyl (C=O) groups is 2. The molecule has 6 heteroatoms. The van der Waals surface area contributed by atoms with Gasteiger partial charge in [-0.15, -0.1) is 11.8 Å². The molecule has 0 saturated heterocycles. The van der Waals surface area contributed by atoms with Gasteiger partial charge in [0, 0.05) is 17.1 Å². The molecule has 116 valence electrons. The Morgan fingerprint density at radius 1 is 1.33 bits per heavy atom. The van der Waals surface area contributed by atoms with Crippen LogP contribution in [0.25, 0.3) is 0 Å². The zero-order valence-corrected chi connectivity index (χ0v) is 13.5. The molecule has 21 heavy (non-hydrogen) atoms. The monoisotopic (exact) mass is 309 g/mol. The standard InChI is InChI=1S/C15H23N3O2S/c1-10(2)6-7-17-15(20)18-14(19)9-21-13-8-11(3)4-5-12(13)16/h4-5,8,10H,6-7,9,16H2,1-3H3,(H2,17,18,19,20). The van der Waals surface area contributed by atoms with Gasteiger partial charge in [0.2, 0.25) is 5.91 Å². The molecular formula is C15H23N3O2S. The summed E-state index contributed by atoms with van der Waals surface area (Å²) in [5.74, 6) is 0.342. The summed E-state index contributed by atoms with van der Waals surface area (Å²) in [7, 11) is 0. The third kappa shape index (κ3) is 7.04. The summed E-state index contributed by atoms with van der Waals surface area (Å²) in [4.78, 5) is 24.0. The van der Waals surface area contributed by atoms with Crippen molar-refractivity contribution in [3.63, 3.8) is 0 Å². The number of amides is 3. The van der Waals surface area contributed by atoms with Gasteiger partial charge < -0.3 is 11.1 Å². The molecule has 0 heterocycles. The number of imide groups is 1. The molecule has 0 aliphatic heterocycles. The van der Waals surface area contributed by atoms with Gasteiger partial charge in [-0.3, -0.25) is 10.1 Å². The van der Waals surface area contributed by atoms with E-state index in [0.717, 1.165) is 16.9 Å². The number of nitrogens with two attached hydrogens (primary N) is 1. The van der Waals surface area contributed by atoms with Crippen molar-refractivity contribution in [3.8, 4) is 0 Å². The van der Waals surface area contributed by atoms with Gasteiger partial charge in [-0.1, -0.05) is 19.9 Å². The molecule has 0 fully saturated rings. The Kier molecular flexibility index (Phi) is 7.08. The fraction of sp³-hybridized carbons (Fsp3) is 0.467. The van der Waals surface area contributed by atoms with Gasteiger partial charge in [0.05, 0.1) is 5.75 Å². The van der Waals surface area contributed by atoms with E-state index < -0.39 is 6.03 Å². The number of nitrogens with one attached hydrogen (secondary N) is 2. The van der Waals surface area contributed by atoms with Crippen molar-refractivity contribution >= 4 is 29.4 Å². The maximum absolute atomic E-state index is 11.7. The molecule has 1 aromatic rings. The molecule has 0 atom stereocenters. The molecule has 0 unspecified atom stereocenters. The topological polar surface area (TPSA) is 84.2 Å². The van der Waals surface area contributed by atoms with Crippen LogP contribution in [0.1, 0.15) is 25.8 Å². The van der Waals surface area contributed by atoms with Gasteiger partial charge in [0.25, 0.3) is 0 Å². The van der Waals surface area contributed by atoms with Crippen LogP contribution in [0, 0.1) is 12.8 Å². The molecule has 5 nitrogen and oxygen atoms in total. The minimum absolute atomic E-state index is 0.158. The van der Waals surface area contributed by atoms with Crippen molar-refractivity contribution in [2.45, 2.75) is 32.1 Å². The van der Waals surface area contributed by atoms with Crippen LogP contribution in [0.3, 0.4) is 0 Å². The van der Waals surface area contributed by atoms with E-state index in [1.54, 1.807) is 0 Å². The van der Waals surface area contributed by atoms with Gasteiger partial charge in [0.15, 0.2) is 0 Å². The Bertz CT molecular complexity index is 504. The number of aryl methyl sites for hydroxylation is 1. The number of nitrogen functional groups attached to an aromatic ring is 1. The van der Waals surface area contributed by atoms with Crippen LogP contribution in [0.5, 0.6) is 0 Å². The van der Waals surface area contributed by atoms with Gasteiger partial charge in [0.1, 0.15) is 0 Å². The molecule has 0 aromatic heterocycles. The van der Waals surface area contributed by atoms with E-state index in [9.17, 15) is 9.59 Å². The first-order chi connectivity index (χ1) is 9.88. The maximum Gasteiger partial charge on any atom is 0.321 e. The van der Waals surface area contributed by atoms with Crippen LogP contribution in [0.2, 0.25) is 0 Å². The van der Waals surface area contributed by atoms with Crippen LogP contribution in [-0.4, -0.2) is 24.2 Å². The highest BCUT2D eigenvalue weighted by Crippen LogP contribution is 2.25. The Morgan fingerprint density at radius 2 is 2.05 bits per heavy atom. The minimum atomic E-state index is -0.446. The number of rotatable bonds is 6. The van der Waals surface area contributed by atoms with Gasteiger partial charge in [-0.25, -0.2) is 4.79 Å². The van der Waals surface area contributed by atoms with Crippen molar-refractivity contribution in [2.24, 2.45) is 5.92 Å². The fourth-order valence-electron chi connectivity index (χ4n) is 1.59.